The Labute approximate surface area is 196 Å². The number of pyridine rings is 1. The van der Waals surface area contributed by atoms with Crippen molar-refractivity contribution >= 4 is 17.7 Å². The van der Waals surface area contributed by atoms with Gasteiger partial charge in [0.25, 0.3) is 17.7 Å². The van der Waals surface area contributed by atoms with Crippen molar-refractivity contribution in [3.63, 3.8) is 0 Å². The van der Waals surface area contributed by atoms with Gasteiger partial charge in [-0.3, -0.25) is 19.4 Å². The summed E-state index contributed by atoms with van der Waals surface area (Å²) >= 11 is 0. The molecule has 1 aromatic heterocycles. The molecule has 8 nitrogen and oxygen atoms in total. The first-order valence-electron chi connectivity index (χ1n) is 11.4. The van der Waals surface area contributed by atoms with Crippen LogP contribution in [-0.2, 0) is 4.79 Å². The van der Waals surface area contributed by atoms with E-state index >= 15 is 0 Å². The summed E-state index contributed by atoms with van der Waals surface area (Å²) in [5, 5.41) is 2.96. The molecule has 34 heavy (non-hydrogen) atoms. The highest BCUT2D eigenvalue weighted by Crippen LogP contribution is 2.23. The molecule has 3 N–H and O–H groups in total. The van der Waals surface area contributed by atoms with Gasteiger partial charge in [-0.25, -0.2) is 8.78 Å². The second-order valence-corrected chi connectivity index (χ2v) is 8.74. The van der Waals surface area contributed by atoms with Gasteiger partial charge < -0.3 is 20.9 Å². The summed E-state index contributed by atoms with van der Waals surface area (Å²) in [6.45, 7) is 0.404. The molecule has 3 amide bonds. The molecule has 0 bridgehead atoms. The van der Waals surface area contributed by atoms with Crippen molar-refractivity contribution in [1.29, 1.82) is 0 Å². The van der Waals surface area contributed by atoms with E-state index in [1.807, 2.05) is 0 Å². The van der Waals surface area contributed by atoms with Crippen LogP contribution in [0.5, 0.6) is 0 Å². The topological polar surface area (TPSA) is 109 Å². The molecule has 2 aromatic rings. The molecule has 1 aliphatic carbocycles. The Hall–Kier alpha value is -3.40. The summed E-state index contributed by atoms with van der Waals surface area (Å²) in [5.74, 6) is -3.46. The molecule has 1 unspecified atom stereocenters. The van der Waals surface area contributed by atoms with Crippen LogP contribution in [0.15, 0.2) is 42.7 Å². The summed E-state index contributed by atoms with van der Waals surface area (Å²) in [6.07, 6.45) is 5.00. The van der Waals surface area contributed by atoms with Gasteiger partial charge in [0.05, 0.1) is 0 Å². The quantitative estimate of drug-likeness (QED) is 0.710. The lowest BCUT2D eigenvalue weighted by Gasteiger charge is -2.43. The summed E-state index contributed by atoms with van der Waals surface area (Å²) in [6, 6.07) is 5.54. The zero-order valence-electron chi connectivity index (χ0n) is 18.6. The van der Waals surface area contributed by atoms with E-state index in [1.54, 1.807) is 0 Å². The highest BCUT2D eigenvalue weighted by atomic mass is 19.1. The van der Waals surface area contributed by atoms with Gasteiger partial charge in [-0.15, -0.1) is 0 Å². The Bertz CT molecular complexity index is 1040. The Kier molecular flexibility index (Phi) is 7.16. The molecule has 1 saturated heterocycles. The molecule has 1 aromatic carbocycles. The van der Waals surface area contributed by atoms with Gasteiger partial charge in [0.15, 0.2) is 6.17 Å². The average Bonchev–Trinajstić information content (AvgIpc) is 2.84. The van der Waals surface area contributed by atoms with E-state index in [4.69, 9.17) is 5.73 Å². The number of nitrogens with one attached hydrogen (secondary N) is 1. The van der Waals surface area contributed by atoms with E-state index in [-0.39, 0.29) is 30.7 Å². The number of carbonyl (C=O) groups is 3. The van der Waals surface area contributed by atoms with E-state index in [9.17, 15) is 23.2 Å². The third-order valence-electron chi connectivity index (χ3n) is 6.30. The van der Waals surface area contributed by atoms with Crippen LogP contribution in [0.3, 0.4) is 0 Å². The van der Waals surface area contributed by atoms with Gasteiger partial charge in [-0.1, -0.05) is 0 Å². The maximum atomic E-state index is 13.8. The number of nitrogens with zero attached hydrogens (tertiary/aromatic N) is 3. The van der Waals surface area contributed by atoms with Crippen LogP contribution in [0.25, 0.3) is 0 Å². The van der Waals surface area contributed by atoms with E-state index in [1.165, 1.54) is 34.3 Å². The van der Waals surface area contributed by atoms with Crippen molar-refractivity contribution < 1.29 is 23.2 Å². The lowest BCUT2D eigenvalue weighted by molar-refractivity contribution is -0.133. The molecular weight excluding hydrogens is 444 g/mol. The van der Waals surface area contributed by atoms with Crippen LogP contribution >= 0.6 is 0 Å². The lowest BCUT2D eigenvalue weighted by Crippen LogP contribution is -2.64. The zero-order valence-corrected chi connectivity index (χ0v) is 18.6. The average molecular weight is 472 g/mol. The third kappa shape index (κ3) is 5.22. The molecule has 4 rings (SSSR count). The van der Waals surface area contributed by atoms with Gasteiger partial charge in [-0.2, -0.15) is 0 Å². The largest absolute Gasteiger partial charge is 0.350 e. The standard InChI is InChI=1S/C24H27F2N5O3/c25-17-12-16(13-18(26)14-17)24(34)31-11-1-10-30(23(33)15-6-8-28-9-7-15)22(31)21(32)29-20-4-2-19(27)3-5-20/h6-9,12-14,19-20,22H,1-5,10-11,27H2,(H,29,32). The molecule has 2 fully saturated rings. The van der Waals surface area contributed by atoms with Crippen LogP contribution in [0.2, 0.25) is 0 Å². The van der Waals surface area contributed by atoms with E-state index in [2.05, 4.69) is 10.3 Å². The predicted octanol–water partition coefficient (Wildman–Crippen LogP) is 2.06. The smallest absolute Gasteiger partial charge is 0.264 e. The second kappa shape index (κ2) is 10.3. The van der Waals surface area contributed by atoms with Gasteiger partial charge in [-0.05, 0) is 56.4 Å². The molecule has 180 valence electrons. The fraction of sp³-hybridized carbons (Fsp3) is 0.417. The van der Waals surface area contributed by atoms with Crippen LogP contribution in [0, 0.1) is 11.6 Å². The van der Waals surface area contributed by atoms with E-state index in [0.29, 0.717) is 30.9 Å². The summed E-state index contributed by atoms with van der Waals surface area (Å²) in [4.78, 5) is 46.5. The highest BCUT2D eigenvalue weighted by Gasteiger charge is 2.41. The first-order chi connectivity index (χ1) is 16.3. The Morgan fingerprint density at radius 1 is 0.882 bits per heavy atom. The van der Waals surface area contributed by atoms with Crippen molar-refractivity contribution in [3.05, 3.63) is 65.5 Å². The van der Waals surface area contributed by atoms with Crippen molar-refractivity contribution in [1.82, 2.24) is 20.1 Å². The Morgan fingerprint density at radius 3 is 2.03 bits per heavy atom. The number of halogens is 2. The minimum absolute atomic E-state index is 0.0912. The molecule has 1 saturated carbocycles. The lowest BCUT2D eigenvalue weighted by atomic mass is 9.91. The van der Waals surface area contributed by atoms with Gasteiger partial charge >= 0.3 is 0 Å². The first-order valence-corrected chi connectivity index (χ1v) is 11.4. The van der Waals surface area contributed by atoms with Crippen LogP contribution in [0.4, 0.5) is 8.78 Å². The van der Waals surface area contributed by atoms with Crippen LogP contribution in [-0.4, -0.2) is 63.8 Å². The van der Waals surface area contributed by atoms with E-state index in [0.717, 1.165) is 25.0 Å². The fourth-order valence-electron chi connectivity index (χ4n) is 4.58. The molecular formula is C24H27F2N5O3. The van der Waals surface area contributed by atoms with Crippen molar-refractivity contribution in [2.24, 2.45) is 5.73 Å². The maximum absolute atomic E-state index is 13.8. The Balaban J connectivity index is 1.64. The minimum Gasteiger partial charge on any atom is -0.350 e. The third-order valence-corrected chi connectivity index (χ3v) is 6.30. The number of hydrogen-bond donors (Lipinski definition) is 2. The molecule has 2 aliphatic rings. The number of nitrogens with two attached hydrogens (primary N) is 1. The summed E-state index contributed by atoms with van der Waals surface area (Å²) in [7, 11) is 0. The number of carbonyl (C=O) groups excluding carboxylic acids is 3. The molecule has 1 aliphatic heterocycles. The number of amides is 3. The normalized spacial score (nSPS) is 22.9. The first kappa shape index (κ1) is 23.7. The van der Waals surface area contributed by atoms with Crippen molar-refractivity contribution in [2.75, 3.05) is 13.1 Å². The number of aromatic nitrogens is 1. The SMILES string of the molecule is NC1CCC(NC(=O)C2N(C(=O)c3ccncc3)CCCN2C(=O)c2cc(F)cc(F)c2)CC1. The molecule has 1 atom stereocenters. The van der Waals surface area contributed by atoms with Gasteiger partial charge in [0.2, 0.25) is 0 Å². The zero-order chi connectivity index (χ0) is 24.2. The van der Waals surface area contributed by atoms with Gasteiger partial charge in [0.1, 0.15) is 11.6 Å². The minimum atomic E-state index is -1.26. The monoisotopic (exact) mass is 471 g/mol. The number of rotatable bonds is 4. The van der Waals surface area contributed by atoms with Crippen molar-refractivity contribution in [3.8, 4) is 0 Å². The predicted molar refractivity (Wildman–Crippen MR) is 119 cm³/mol. The van der Waals surface area contributed by atoms with E-state index < -0.39 is 35.5 Å². The highest BCUT2D eigenvalue weighted by molar-refractivity contribution is 6.01. The van der Waals surface area contributed by atoms with Crippen molar-refractivity contribution in [2.45, 2.75) is 50.4 Å². The molecule has 0 radical (unpaired) electrons. The second-order valence-electron chi connectivity index (χ2n) is 8.74. The summed E-state index contributed by atoms with van der Waals surface area (Å²) in [5.41, 5.74) is 6.06. The van der Waals surface area contributed by atoms with Gasteiger partial charge in [0, 0.05) is 54.8 Å². The summed E-state index contributed by atoms with van der Waals surface area (Å²) < 4.78 is 27.6. The molecule has 2 heterocycles. The number of benzene rings is 1. The fourth-order valence-corrected chi connectivity index (χ4v) is 4.58. The Morgan fingerprint density at radius 2 is 1.44 bits per heavy atom. The number of hydrogen-bond acceptors (Lipinski definition) is 5. The maximum Gasteiger partial charge on any atom is 0.264 e. The molecule has 0 spiro atoms. The van der Waals surface area contributed by atoms with Crippen LogP contribution in [0.1, 0.15) is 52.8 Å². The molecule has 10 heteroatoms. The van der Waals surface area contributed by atoms with Crippen LogP contribution < -0.4 is 11.1 Å².